The molecular weight excluding hydrogens is 318 g/mol. The van der Waals surface area contributed by atoms with Crippen LogP contribution in [0.3, 0.4) is 0 Å². The lowest BCUT2D eigenvalue weighted by molar-refractivity contribution is 0.340. The van der Waals surface area contributed by atoms with Crippen LogP contribution in [0.2, 0.25) is 0 Å². The van der Waals surface area contributed by atoms with Crippen molar-refractivity contribution in [3.05, 3.63) is 40.1 Å². The Bertz CT molecular complexity index is 563. The van der Waals surface area contributed by atoms with E-state index in [1.807, 2.05) is 42.8 Å². The van der Waals surface area contributed by atoms with E-state index in [9.17, 15) is 0 Å². The first-order chi connectivity index (χ1) is 9.65. The summed E-state index contributed by atoms with van der Waals surface area (Å²) < 4.78 is 8.53. The third-order valence-electron chi connectivity index (χ3n) is 3.08. The number of benzene rings is 1. The lowest BCUT2D eigenvalue weighted by atomic mass is 10.3. The summed E-state index contributed by atoms with van der Waals surface area (Å²) in [6.45, 7) is 8.39. The van der Waals surface area contributed by atoms with Gasteiger partial charge in [0.15, 0.2) is 0 Å². The van der Waals surface area contributed by atoms with Crippen LogP contribution in [0.5, 0.6) is 5.75 Å². The fourth-order valence-corrected chi connectivity index (χ4v) is 2.48. The standard InChI is InChI=1S/C15H20BrN3O/c1-4-19-14(15(16)11(3)18-19)10-17-12-6-8-13(9-7-12)20-5-2/h6-9,17H,4-5,10H2,1-3H3. The largest absolute Gasteiger partial charge is 0.494 e. The molecular formula is C15H20BrN3O. The highest BCUT2D eigenvalue weighted by molar-refractivity contribution is 9.10. The van der Waals surface area contributed by atoms with Gasteiger partial charge in [0.25, 0.3) is 0 Å². The quantitative estimate of drug-likeness (QED) is 0.866. The van der Waals surface area contributed by atoms with Crippen LogP contribution in [-0.2, 0) is 13.1 Å². The molecule has 0 spiro atoms. The van der Waals surface area contributed by atoms with Crippen molar-refractivity contribution in [2.75, 3.05) is 11.9 Å². The van der Waals surface area contributed by atoms with Gasteiger partial charge in [0, 0.05) is 12.2 Å². The summed E-state index contributed by atoms with van der Waals surface area (Å²) in [5, 5.41) is 7.90. The van der Waals surface area contributed by atoms with Crippen LogP contribution in [-0.4, -0.2) is 16.4 Å². The molecule has 2 rings (SSSR count). The number of aromatic nitrogens is 2. The molecule has 1 heterocycles. The summed E-state index contributed by atoms with van der Waals surface area (Å²) >= 11 is 3.60. The summed E-state index contributed by atoms with van der Waals surface area (Å²) in [4.78, 5) is 0. The lowest BCUT2D eigenvalue weighted by Crippen LogP contribution is -2.08. The predicted octanol–water partition coefficient (Wildman–Crippen LogP) is 3.98. The lowest BCUT2D eigenvalue weighted by Gasteiger charge is -2.10. The molecule has 0 aliphatic heterocycles. The molecule has 0 atom stereocenters. The van der Waals surface area contributed by atoms with Gasteiger partial charge in [-0.25, -0.2) is 0 Å². The van der Waals surface area contributed by atoms with E-state index in [-0.39, 0.29) is 0 Å². The van der Waals surface area contributed by atoms with E-state index in [0.717, 1.165) is 34.7 Å². The summed E-state index contributed by atoms with van der Waals surface area (Å²) in [5.41, 5.74) is 3.26. The van der Waals surface area contributed by atoms with E-state index in [1.54, 1.807) is 0 Å². The van der Waals surface area contributed by atoms with Gasteiger partial charge in [0.2, 0.25) is 0 Å². The molecule has 0 radical (unpaired) electrons. The molecule has 1 aromatic carbocycles. The van der Waals surface area contributed by atoms with E-state index in [0.29, 0.717) is 6.61 Å². The molecule has 108 valence electrons. The van der Waals surface area contributed by atoms with Crippen molar-refractivity contribution in [2.24, 2.45) is 0 Å². The maximum atomic E-state index is 5.43. The molecule has 0 aliphatic rings. The average molecular weight is 338 g/mol. The number of aryl methyl sites for hydroxylation is 2. The minimum atomic E-state index is 0.689. The fourth-order valence-electron chi connectivity index (χ4n) is 2.06. The van der Waals surface area contributed by atoms with E-state index < -0.39 is 0 Å². The number of ether oxygens (including phenoxy) is 1. The topological polar surface area (TPSA) is 39.1 Å². The summed E-state index contributed by atoms with van der Waals surface area (Å²) in [6.07, 6.45) is 0. The van der Waals surface area contributed by atoms with Crippen LogP contribution in [0.15, 0.2) is 28.7 Å². The Morgan fingerprint density at radius 2 is 1.95 bits per heavy atom. The predicted molar refractivity (Wildman–Crippen MR) is 85.3 cm³/mol. The molecule has 0 amide bonds. The minimum absolute atomic E-state index is 0.689. The Hall–Kier alpha value is -1.49. The first-order valence-electron chi connectivity index (χ1n) is 6.84. The van der Waals surface area contributed by atoms with Crippen molar-refractivity contribution >= 4 is 21.6 Å². The summed E-state index contributed by atoms with van der Waals surface area (Å²) in [7, 11) is 0. The van der Waals surface area contributed by atoms with Crippen LogP contribution >= 0.6 is 15.9 Å². The van der Waals surface area contributed by atoms with E-state index in [2.05, 4.69) is 33.3 Å². The van der Waals surface area contributed by atoms with Crippen LogP contribution in [0.4, 0.5) is 5.69 Å². The van der Waals surface area contributed by atoms with Crippen molar-refractivity contribution in [3.8, 4) is 5.75 Å². The molecule has 20 heavy (non-hydrogen) atoms. The van der Waals surface area contributed by atoms with Crippen LogP contribution < -0.4 is 10.1 Å². The van der Waals surface area contributed by atoms with Crippen molar-refractivity contribution in [1.29, 1.82) is 0 Å². The van der Waals surface area contributed by atoms with Crippen LogP contribution in [0.1, 0.15) is 25.2 Å². The van der Waals surface area contributed by atoms with Gasteiger partial charge in [-0.15, -0.1) is 0 Å². The molecule has 0 bridgehead atoms. The second-order valence-corrected chi connectivity index (χ2v) is 5.27. The molecule has 4 nitrogen and oxygen atoms in total. The normalized spacial score (nSPS) is 10.6. The van der Waals surface area contributed by atoms with Gasteiger partial charge in [-0.05, 0) is 61.0 Å². The van der Waals surface area contributed by atoms with Gasteiger partial charge in [-0.3, -0.25) is 4.68 Å². The van der Waals surface area contributed by atoms with Gasteiger partial charge < -0.3 is 10.1 Å². The third-order valence-corrected chi connectivity index (χ3v) is 4.11. The van der Waals surface area contributed by atoms with Gasteiger partial charge in [0.1, 0.15) is 5.75 Å². The second-order valence-electron chi connectivity index (χ2n) is 4.47. The van der Waals surface area contributed by atoms with Crippen molar-refractivity contribution < 1.29 is 4.74 Å². The summed E-state index contributed by atoms with van der Waals surface area (Å²) in [5.74, 6) is 0.897. The van der Waals surface area contributed by atoms with Gasteiger partial charge in [0.05, 0.1) is 29.0 Å². The number of anilines is 1. The zero-order valence-electron chi connectivity index (χ0n) is 12.1. The minimum Gasteiger partial charge on any atom is -0.494 e. The number of hydrogen-bond acceptors (Lipinski definition) is 3. The van der Waals surface area contributed by atoms with Crippen LogP contribution in [0, 0.1) is 6.92 Å². The maximum Gasteiger partial charge on any atom is 0.119 e. The van der Waals surface area contributed by atoms with Crippen molar-refractivity contribution in [2.45, 2.75) is 33.9 Å². The highest BCUT2D eigenvalue weighted by Crippen LogP contribution is 2.23. The molecule has 0 saturated carbocycles. The Morgan fingerprint density at radius 3 is 2.55 bits per heavy atom. The maximum absolute atomic E-state index is 5.43. The molecule has 1 N–H and O–H groups in total. The number of rotatable bonds is 6. The Kier molecular flexibility index (Phi) is 5.06. The van der Waals surface area contributed by atoms with Crippen LogP contribution in [0.25, 0.3) is 0 Å². The zero-order valence-corrected chi connectivity index (χ0v) is 13.7. The molecule has 0 saturated heterocycles. The smallest absolute Gasteiger partial charge is 0.119 e. The van der Waals surface area contributed by atoms with E-state index in [1.165, 1.54) is 5.69 Å². The zero-order chi connectivity index (χ0) is 14.5. The molecule has 5 heteroatoms. The highest BCUT2D eigenvalue weighted by Gasteiger charge is 2.11. The molecule has 0 fully saturated rings. The molecule has 1 aromatic heterocycles. The van der Waals surface area contributed by atoms with E-state index >= 15 is 0 Å². The Labute approximate surface area is 128 Å². The van der Waals surface area contributed by atoms with Gasteiger partial charge in [-0.1, -0.05) is 0 Å². The second kappa shape index (κ2) is 6.79. The number of hydrogen-bond donors (Lipinski definition) is 1. The van der Waals surface area contributed by atoms with E-state index in [4.69, 9.17) is 4.74 Å². The summed E-state index contributed by atoms with van der Waals surface area (Å²) in [6, 6.07) is 8.00. The SMILES string of the molecule is CCOc1ccc(NCc2c(Br)c(C)nn2CC)cc1. The average Bonchev–Trinajstić information content (AvgIpc) is 2.74. The number of nitrogens with zero attached hydrogens (tertiary/aromatic N) is 2. The monoisotopic (exact) mass is 337 g/mol. The third kappa shape index (κ3) is 3.33. The highest BCUT2D eigenvalue weighted by atomic mass is 79.9. The van der Waals surface area contributed by atoms with Gasteiger partial charge >= 0.3 is 0 Å². The fraction of sp³-hybridized carbons (Fsp3) is 0.400. The van der Waals surface area contributed by atoms with Crippen molar-refractivity contribution in [1.82, 2.24) is 9.78 Å². The number of nitrogens with one attached hydrogen (secondary N) is 1. The Balaban J connectivity index is 2.05. The van der Waals surface area contributed by atoms with Gasteiger partial charge in [-0.2, -0.15) is 5.10 Å². The molecule has 0 unspecified atom stereocenters. The first kappa shape index (κ1) is 14.9. The van der Waals surface area contributed by atoms with Crippen molar-refractivity contribution in [3.63, 3.8) is 0 Å². The molecule has 2 aromatic rings. The first-order valence-corrected chi connectivity index (χ1v) is 7.63. The molecule has 0 aliphatic carbocycles. The Morgan fingerprint density at radius 1 is 1.25 bits per heavy atom. The number of halogens is 1.